The van der Waals surface area contributed by atoms with E-state index in [1.165, 1.54) is 36.3 Å². The van der Waals surface area contributed by atoms with E-state index in [2.05, 4.69) is 5.32 Å². The smallest absolute Gasteiger partial charge is 0.264 e. The number of methoxy groups -OCH3 is 1. The number of hydrogen-bond acceptors (Lipinski definition) is 5. The lowest BCUT2D eigenvalue weighted by molar-refractivity contribution is -0.140. The van der Waals surface area contributed by atoms with Crippen molar-refractivity contribution in [3.8, 4) is 5.75 Å². The lowest BCUT2D eigenvalue weighted by Gasteiger charge is -2.34. The van der Waals surface area contributed by atoms with Crippen molar-refractivity contribution in [1.29, 1.82) is 0 Å². The van der Waals surface area contributed by atoms with Crippen LogP contribution in [0.5, 0.6) is 5.75 Å². The van der Waals surface area contributed by atoms with E-state index in [1.807, 2.05) is 20.8 Å². The van der Waals surface area contributed by atoms with Gasteiger partial charge in [0.05, 0.1) is 17.7 Å². The minimum absolute atomic E-state index is 0.0167. The summed E-state index contributed by atoms with van der Waals surface area (Å²) in [5.74, 6) is -0.463. The first-order chi connectivity index (χ1) is 19.4. The molecule has 220 valence electrons. The molecule has 3 rings (SSSR count). The summed E-state index contributed by atoms with van der Waals surface area (Å²) in [6, 6.07) is 16.6. The van der Waals surface area contributed by atoms with E-state index in [-0.39, 0.29) is 29.8 Å². The Kier molecular flexibility index (Phi) is 11.1. The highest BCUT2D eigenvalue weighted by atomic mass is 35.5. The van der Waals surface area contributed by atoms with Gasteiger partial charge >= 0.3 is 0 Å². The lowest BCUT2D eigenvalue weighted by atomic mass is 10.1. The number of hydrogen-bond donors (Lipinski definition) is 1. The number of carbonyl (C=O) groups is 2. The number of ether oxygens (including phenoxy) is 1. The Labute approximate surface area is 252 Å². The van der Waals surface area contributed by atoms with Gasteiger partial charge in [-0.25, -0.2) is 8.42 Å². The van der Waals surface area contributed by atoms with Crippen molar-refractivity contribution in [2.75, 3.05) is 18.0 Å². The zero-order valence-electron chi connectivity index (χ0n) is 23.7. The largest absolute Gasteiger partial charge is 0.497 e. The van der Waals surface area contributed by atoms with Crippen molar-refractivity contribution in [3.63, 3.8) is 0 Å². The molecular formula is C30H35Cl2N3O5S. The van der Waals surface area contributed by atoms with E-state index in [0.29, 0.717) is 27.0 Å². The Balaban J connectivity index is 2.10. The summed E-state index contributed by atoms with van der Waals surface area (Å²) >= 11 is 12.9. The summed E-state index contributed by atoms with van der Waals surface area (Å²) < 4.78 is 34.1. The van der Waals surface area contributed by atoms with Gasteiger partial charge in [0, 0.05) is 28.2 Å². The van der Waals surface area contributed by atoms with E-state index in [1.54, 1.807) is 49.4 Å². The third-order valence-electron chi connectivity index (χ3n) is 6.46. The van der Waals surface area contributed by atoms with Gasteiger partial charge in [0.15, 0.2) is 0 Å². The molecule has 1 N–H and O–H groups in total. The van der Waals surface area contributed by atoms with Gasteiger partial charge in [-0.15, -0.1) is 0 Å². The van der Waals surface area contributed by atoms with Crippen LogP contribution >= 0.6 is 23.2 Å². The molecule has 0 aliphatic rings. The van der Waals surface area contributed by atoms with Gasteiger partial charge < -0.3 is 15.0 Å². The summed E-state index contributed by atoms with van der Waals surface area (Å²) in [4.78, 5) is 28.7. The molecule has 0 aliphatic heterocycles. The highest BCUT2D eigenvalue weighted by Crippen LogP contribution is 2.29. The summed E-state index contributed by atoms with van der Waals surface area (Å²) in [5, 5.41) is 3.52. The zero-order valence-corrected chi connectivity index (χ0v) is 26.1. The van der Waals surface area contributed by atoms with Crippen LogP contribution in [-0.2, 0) is 26.2 Å². The lowest BCUT2D eigenvalue weighted by Crippen LogP contribution is -2.53. The molecule has 8 nitrogen and oxygen atoms in total. The second kappa shape index (κ2) is 14.1. The van der Waals surface area contributed by atoms with Gasteiger partial charge in [0.25, 0.3) is 10.0 Å². The molecule has 3 aromatic carbocycles. The number of amides is 2. The molecule has 0 unspecified atom stereocenters. The highest BCUT2D eigenvalue weighted by molar-refractivity contribution is 7.92. The number of benzene rings is 3. The summed E-state index contributed by atoms with van der Waals surface area (Å²) in [6.45, 7) is 6.65. The fourth-order valence-electron chi connectivity index (χ4n) is 4.27. The summed E-state index contributed by atoms with van der Waals surface area (Å²) in [6.07, 6.45) is 0.280. The fraction of sp³-hybridized carbons (Fsp3) is 0.333. The number of halogens is 2. The van der Waals surface area contributed by atoms with E-state index < -0.39 is 28.5 Å². The van der Waals surface area contributed by atoms with Gasteiger partial charge in [-0.05, 0) is 75.7 Å². The molecule has 0 saturated heterocycles. The van der Waals surface area contributed by atoms with Crippen molar-refractivity contribution >= 4 is 50.7 Å². The van der Waals surface area contributed by atoms with Gasteiger partial charge in [-0.1, -0.05) is 53.9 Å². The van der Waals surface area contributed by atoms with E-state index in [9.17, 15) is 18.0 Å². The predicted molar refractivity (Wildman–Crippen MR) is 163 cm³/mol. The average molecular weight is 621 g/mol. The molecule has 0 saturated carbocycles. The Hall–Kier alpha value is -3.27. The normalized spacial score (nSPS) is 12.1. The number of aryl methyl sites for hydroxylation is 1. The Bertz CT molecular complexity index is 1440. The van der Waals surface area contributed by atoms with E-state index in [4.69, 9.17) is 27.9 Å². The fourth-order valence-corrected chi connectivity index (χ4v) is 6.20. The van der Waals surface area contributed by atoms with Crippen molar-refractivity contribution in [3.05, 3.63) is 87.9 Å². The molecule has 1 atom stereocenters. The number of sulfonamides is 1. The Morgan fingerprint density at radius 1 is 0.951 bits per heavy atom. The average Bonchev–Trinajstić information content (AvgIpc) is 2.93. The molecule has 0 bridgehead atoms. The van der Waals surface area contributed by atoms with Crippen LogP contribution in [0.25, 0.3) is 0 Å². The molecular weight excluding hydrogens is 585 g/mol. The topological polar surface area (TPSA) is 96.0 Å². The van der Waals surface area contributed by atoms with Crippen LogP contribution in [0.2, 0.25) is 10.0 Å². The zero-order chi connectivity index (χ0) is 30.3. The Morgan fingerprint density at radius 3 is 2.05 bits per heavy atom. The maximum atomic E-state index is 14.1. The molecule has 0 fully saturated rings. The van der Waals surface area contributed by atoms with Crippen molar-refractivity contribution in [1.82, 2.24) is 10.2 Å². The molecule has 0 aromatic heterocycles. The van der Waals surface area contributed by atoms with Gasteiger partial charge in [0.1, 0.15) is 18.3 Å². The first kappa shape index (κ1) is 32.2. The second-order valence-corrected chi connectivity index (χ2v) is 12.5. The van der Waals surface area contributed by atoms with Gasteiger partial charge in [0.2, 0.25) is 11.8 Å². The van der Waals surface area contributed by atoms with E-state index in [0.717, 1.165) is 9.87 Å². The van der Waals surface area contributed by atoms with Gasteiger partial charge in [-0.2, -0.15) is 0 Å². The van der Waals surface area contributed by atoms with Crippen LogP contribution in [0.1, 0.15) is 38.3 Å². The molecule has 11 heteroatoms. The quantitative estimate of drug-likeness (QED) is 0.275. The predicted octanol–water partition coefficient (Wildman–Crippen LogP) is 5.84. The van der Waals surface area contributed by atoms with Crippen LogP contribution in [0, 0.1) is 6.92 Å². The number of carbonyl (C=O) groups excluding carboxylic acids is 2. The first-order valence-electron chi connectivity index (χ1n) is 13.1. The van der Waals surface area contributed by atoms with Crippen LogP contribution < -0.4 is 14.4 Å². The standard InChI is InChI=1S/C30H35Cl2N3O5S/c1-6-28(30(37)33-20(2)3)34(18-25-26(31)8-7-9-27(25)32)29(36)19-35(22-12-10-21(4)11-13-22)41(38,39)24-16-14-23(40-5)15-17-24/h7-17,20,28H,6,18-19H2,1-5H3,(H,33,37)/t28-/m0/s1. The summed E-state index contributed by atoms with van der Waals surface area (Å²) in [5.41, 5.74) is 1.68. The third-order valence-corrected chi connectivity index (χ3v) is 8.95. The minimum atomic E-state index is -4.20. The molecule has 0 aliphatic carbocycles. The van der Waals surface area contributed by atoms with Crippen LogP contribution in [0.3, 0.4) is 0 Å². The number of rotatable bonds is 12. The van der Waals surface area contributed by atoms with Crippen LogP contribution in [-0.4, -0.2) is 50.9 Å². The van der Waals surface area contributed by atoms with E-state index >= 15 is 0 Å². The van der Waals surface area contributed by atoms with Crippen molar-refractivity contribution in [2.45, 2.75) is 57.6 Å². The van der Waals surface area contributed by atoms with Gasteiger partial charge in [-0.3, -0.25) is 13.9 Å². The van der Waals surface area contributed by atoms with Crippen molar-refractivity contribution < 1.29 is 22.7 Å². The van der Waals surface area contributed by atoms with Crippen LogP contribution in [0.15, 0.2) is 71.6 Å². The third kappa shape index (κ3) is 7.93. The number of anilines is 1. The highest BCUT2D eigenvalue weighted by Gasteiger charge is 2.34. The number of nitrogens with zero attached hydrogens (tertiary/aromatic N) is 2. The SMILES string of the molecule is CC[C@@H](C(=O)NC(C)C)N(Cc1c(Cl)cccc1Cl)C(=O)CN(c1ccc(C)cc1)S(=O)(=O)c1ccc(OC)cc1. The molecule has 41 heavy (non-hydrogen) atoms. The summed E-state index contributed by atoms with van der Waals surface area (Å²) in [7, 11) is -2.72. The molecule has 3 aromatic rings. The maximum absolute atomic E-state index is 14.1. The second-order valence-electron chi connectivity index (χ2n) is 9.83. The molecule has 0 spiro atoms. The monoisotopic (exact) mass is 619 g/mol. The maximum Gasteiger partial charge on any atom is 0.264 e. The van der Waals surface area contributed by atoms with Crippen LogP contribution in [0.4, 0.5) is 5.69 Å². The molecule has 0 heterocycles. The van der Waals surface area contributed by atoms with Crippen molar-refractivity contribution in [2.24, 2.45) is 0 Å². The minimum Gasteiger partial charge on any atom is -0.497 e. The molecule has 2 amide bonds. The Morgan fingerprint density at radius 2 is 1.54 bits per heavy atom. The number of nitrogens with one attached hydrogen (secondary N) is 1. The molecule has 0 radical (unpaired) electrons. The first-order valence-corrected chi connectivity index (χ1v) is 15.3.